The van der Waals surface area contributed by atoms with Crippen molar-refractivity contribution < 1.29 is 14.3 Å². The summed E-state index contributed by atoms with van der Waals surface area (Å²) >= 11 is 6.60. The molecule has 2 aromatic rings. The SMILES string of the molecule is O=C1CC[C@H](/C=C(\c2ccc(OC3CCOCC3)c(Cl)c2)c2ccc(C3CC3)c(=O)[nH]2)N1. The number of carbonyl (C=O) groups is 1. The molecule has 3 heterocycles. The summed E-state index contributed by atoms with van der Waals surface area (Å²) in [5.74, 6) is 1.07. The maximum Gasteiger partial charge on any atom is 0.251 e. The molecule has 1 aromatic carbocycles. The van der Waals surface area contributed by atoms with Crippen LogP contribution in [0.15, 0.2) is 41.2 Å². The zero-order chi connectivity index (χ0) is 22.1. The monoisotopic (exact) mass is 454 g/mol. The fraction of sp³-hybridized carbons (Fsp3) is 0.440. The molecule has 3 fully saturated rings. The van der Waals surface area contributed by atoms with Gasteiger partial charge in [-0.25, -0.2) is 0 Å². The Labute approximate surface area is 192 Å². The Balaban J connectivity index is 1.46. The van der Waals surface area contributed by atoms with E-state index in [1.165, 1.54) is 0 Å². The number of amides is 1. The van der Waals surface area contributed by atoms with Gasteiger partial charge in [0.15, 0.2) is 0 Å². The van der Waals surface area contributed by atoms with Crippen LogP contribution in [0.4, 0.5) is 0 Å². The Kier molecular flexibility index (Phi) is 6.07. The van der Waals surface area contributed by atoms with E-state index in [0.29, 0.717) is 36.3 Å². The Morgan fingerprint density at radius 2 is 1.88 bits per heavy atom. The highest BCUT2D eigenvalue weighted by atomic mass is 35.5. The van der Waals surface area contributed by atoms with Gasteiger partial charge in [0.2, 0.25) is 5.91 Å². The minimum absolute atomic E-state index is 0.0430. The normalized spacial score (nSPS) is 22.1. The van der Waals surface area contributed by atoms with Crippen LogP contribution in [-0.2, 0) is 9.53 Å². The summed E-state index contributed by atoms with van der Waals surface area (Å²) in [7, 11) is 0. The van der Waals surface area contributed by atoms with E-state index in [1.54, 1.807) is 0 Å². The number of ether oxygens (including phenoxy) is 2. The van der Waals surface area contributed by atoms with Crippen LogP contribution < -0.4 is 15.6 Å². The third kappa shape index (κ3) is 4.76. The van der Waals surface area contributed by atoms with Crippen molar-refractivity contribution >= 4 is 23.1 Å². The Morgan fingerprint density at radius 3 is 2.53 bits per heavy atom. The predicted octanol–water partition coefficient (Wildman–Crippen LogP) is 4.17. The first-order chi connectivity index (χ1) is 15.6. The molecule has 3 aliphatic rings. The van der Waals surface area contributed by atoms with Gasteiger partial charge in [-0.2, -0.15) is 0 Å². The molecule has 0 spiro atoms. The molecule has 0 radical (unpaired) electrons. The molecule has 1 atom stereocenters. The number of carbonyl (C=O) groups excluding carboxylic acids is 1. The predicted molar refractivity (Wildman–Crippen MR) is 123 cm³/mol. The molecule has 1 amide bonds. The van der Waals surface area contributed by atoms with Gasteiger partial charge in [-0.15, -0.1) is 0 Å². The Hall–Kier alpha value is -2.57. The number of aromatic amines is 1. The first kappa shape index (κ1) is 21.3. The summed E-state index contributed by atoms with van der Waals surface area (Å²) in [5.41, 5.74) is 3.23. The third-order valence-electron chi connectivity index (χ3n) is 6.35. The maximum atomic E-state index is 12.7. The lowest BCUT2D eigenvalue weighted by Gasteiger charge is -2.24. The van der Waals surface area contributed by atoms with E-state index in [9.17, 15) is 9.59 Å². The van der Waals surface area contributed by atoms with Crippen LogP contribution >= 0.6 is 11.6 Å². The van der Waals surface area contributed by atoms with Gasteiger partial charge in [-0.3, -0.25) is 9.59 Å². The topological polar surface area (TPSA) is 80.4 Å². The number of aromatic nitrogens is 1. The zero-order valence-electron chi connectivity index (χ0n) is 17.9. The fourth-order valence-electron chi connectivity index (χ4n) is 4.40. The zero-order valence-corrected chi connectivity index (χ0v) is 18.6. The molecule has 32 heavy (non-hydrogen) atoms. The Morgan fingerprint density at radius 1 is 1.06 bits per heavy atom. The van der Waals surface area contributed by atoms with E-state index in [-0.39, 0.29) is 23.6 Å². The van der Waals surface area contributed by atoms with Gasteiger partial charge in [-0.05, 0) is 48.9 Å². The number of benzene rings is 1. The van der Waals surface area contributed by atoms with Gasteiger partial charge in [0, 0.05) is 42.1 Å². The number of rotatable bonds is 6. The fourth-order valence-corrected chi connectivity index (χ4v) is 4.63. The molecule has 6 nitrogen and oxygen atoms in total. The van der Waals surface area contributed by atoms with Crippen molar-refractivity contribution in [2.75, 3.05) is 13.2 Å². The molecule has 2 aliphatic heterocycles. The molecular weight excluding hydrogens is 428 g/mol. The highest BCUT2D eigenvalue weighted by Gasteiger charge is 2.27. The summed E-state index contributed by atoms with van der Waals surface area (Å²) < 4.78 is 11.5. The second kappa shape index (κ2) is 9.12. The molecule has 0 unspecified atom stereocenters. The van der Waals surface area contributed by atoms with Crippen molar-refractivity contribution in [3.63, 3.8) is 0 Å². The van der Waals surface area contributed by atoms with Gasteiger partial charge in [0.25, 0.3) is 5.56 Å². The smallest absolute Gasteiger partial charge is 0.251 e. The molecule has 168 valence electrons. The molecule has 5 rings (SSSR count). The lowest BCUT2D eigenvalue weighted by molar-refractivity contribution is -0.119. The van der Waals surface area contributed by atoms with Crippen molar-refractivity contribution in [3.05, 3.63) is 68.6 Å². The number of H-pyrrole nitrogens is 1. The second-order valence-corrected chi connectivity index (χ2v) is 9.21. The molecule has 1 aromatic heterocycles. The van der Waals surface area contributed by atoms with Crippen LogP contribution in [0.1, 0.15) is 61.3 Å². The van der Waals surface area contributed by atoms with Gasteiger partial charge < -0.3 is 19.8 Å². The van der Waals surface area contributed by atoms with Gasteiger partial charge >= 0.3 is 0 Å². The number of pyridine rings is 1. The number of hydrogen-bond donors (Lipinski definition) is 2. The Bertz CT molecular complexity index is 1100. The first-order valence-corrected chi connectivity index (χ1v) is 11.7. The maximum absolute atomic E-state index is 12.7. The largest absolute Gasteiger partial charge is 0.489 e. The molecule has 7 heteroatoms. The van der Waals surface area contributed by atoms with Crippen LogP contribution in [0, 0.1) is 0 Å². The summed E-state index contributed by atoms with van der Waals surface area (Å²) in [6.07, 6.45) is 7.18. The molecule has 2 saturated heterocycles. The van der Waals surface area contributed by atoms with Gasteiger partial charge in [0.05, 0.1) is 18.2 Å². The third-order valence-corrected chi connectivity index (χ3v) is 6.64. The standard InChI is InChI=1S/C25H27ClN2O4/c26-21-13-16(3-7-23(21)32-18-9-11-31-12-10-18)20(14-17-4-8-24(29)27-17)22-6-5-19(15-1-2-15)25(30)28-22/h3,5-7,13-15,17-18H,1-2,4,8-12H2,(H,27,29)(H,28,30)/b20-14+/t17-/m1/s1. The number of hydrogen-bond acceptors (Lipinski definition) is 4. The lowest BCUT2D eigenvalue weighted by atomic mass is 9.98. The molecule has 0 bridgehead atoms. The van der Waals surface area contributed by atoms with Crippen LogP contribution in [-0.4, -0.2) is 36.3 Å². The average molecular weight is 455 g/mol. The minimum Gasteiger partial charge on any atom is -0.489 e. The average Bonchev–Trinajstić information content (AvgIpc) is 3.55. The van der Waals surface area contributed by atoms with Crippen LogP contribution in [0.5, 0.6) is 5.75 Å². The first-order valence-electron chi connectivity index (χ1n) is 11.4. The summed E-state index contributed by atoms with van der Waals surface area (Å²) in [6, 6.07) is 9.50. The molecule has 1 aliphatic carbocycles. The van der Waals surface area contributed by atoms with Crippen LogP contribution in [0.3, 0.4) is 0 Å². The molecular formula is C25H27ClN2O4. The van der Waals surface area contributed by atoms with Gasteiger partial charge in [0.1, 0.15) is 11.9 Å². The van der Waals surface area contributed by atoms with E-state index in [4.69, 9.17) is 21.1 Å². The van der Waals surface area contributed by atoms with E-state index >= 15 is 0 Å². The highest BCUT2D eigenvalue weighted by Crippen LogP contribution is 2.38. The van der Waals surface area contributed by atoms with Crippen LogP contribution in [0.2, 0.25) is 5.02 Å². The van der Waals surface area contributed by atoms with E-state index < -0.39 is 0 Å². The van der Waals surface area contributed by atoms with Crippen molar-refractivity contribution in [2.45, 2.75) is 56.6 Å². The molecule has 1 saturated carbocycles. The summed E-state index contributed by atoms with van der Waals surface area (Å²) in [6.45, 7) is 1.40. The highest BCUT2D eigenvalue weighted by molar-refractivity contribution is 6.32. The van der Waals surface area contributed by atoms with Crippen molar-refractivity contribution in [1.82, 2.24) is 10.3 Å². The lowest BCUT2D eigenvalue weighted by Crippen LogP contribution is -2.26. The summed E-state index contributed by atoms with van der Waals surface area (Å²) in [4.78, 5) is 27.5. The van der Waals surface area contributed by atoms with Crippen molar-refractivity contribution in [1.29, 1.82) is 0 Å². The van der Waals surface area contributed by atoms with Gasteiger partial charge in [-0.1, -0.05) is 29.8 Å². The van der Waals surface area contributed by atoms with Crippen LogP contribution in [0.25, 0.3) is 5.57 Å². The number of halogens is 1. The molecule has 2 N–H and O–H groups in total. The van der Waals surface area contributed by atoms with E-state index in [1.807, 2.05) is 36.4 Å². The van der Waals surface area contributed by atoms with E-state index in [2.05, 4.69) is 10.3 Å². The van der Waals surface area contributed by atoms with Crippen molar-refractivity contribution in [3.8, 4) is 5.75 Å². The second-order valence-electron chi connectivity index (χ2n) is 8.80. The number of nitrogens with one attached hydrogen (secondary N) is 2. The van der Waals surface area contributed by atoms with E-state index in [0.717, 1.165) is 54.5 Å². The summed E-state index contributed by atoms with van der Waals surface area (Å²) in [5, 5.41) is 3.50. The van der Waals surface area contributed by atoms with Crippen molar-refractivity contribution in [2.24, 2.45) is 0 Å². The quantitative estimate of drug-likeness (QED) is 0.686. The minimum atomic E-state index is -0.0824.